The summed E-state index contributed by atoms with van der Waals surface area (Å²) >= 11 is 0. The summed E-state index contributed by atoms with van der Waals surface area (Å²) in [4.78, 5) is 11.6. The highest BCUT2D eigenvalue weighted by atomic mass is 32.2. The number of halogens is 6. The van der Waals surface area contributed by atoms with E-state index in [2.05, 4.69) is 25.0 Å². The minimum absolute atomic E-state index is 0.0718. The van der Waals surface area contributed by atoms with Crippen LogP contribution in [0.5, 0.6) is 6.01 Å². The fourth-order valence-corrected chi connectivity index (χ4v) is 5.09. The number of anilines is 2. The van der Waals surface area contributed by atoms with Gasteiger partial charge < -0.3 is 10.1 Å². The minimum atomic E-state index is -4.72. The Morgan fingerprint density at radius 3 is 2.30 bits per heavy atom. The SMILES string of the molecule is O=S(=O)(c1cccc(-c2nc(Nc3cccc(C(F)(F)F)c3)nc(OCC(F)(F)F)n2)c1)N1CCCC1. The van der Waals surface area contributed by atoms with Crippen LogP contribution in [0.4, 0.5) is 38.0 Å². The van der Waals surface area contributed by atoms with Crippen molar-refractivity contribution in [2.75, 3.05) is 25.0 Å². The lowest BCUT2D eigenvalue weighted by atomic mass is 10.2. The maximum Gasteiger partial charge on any atom is 0.422 e. The first-order chi connectivity index (χ1) is 17.3. The van der Waals surface area contributed by atoms with E-state index in [1.165, 1.54) is 34.6 Å². The molecule has 0 unspecified atom stereocenters. The maximum atomic E-state index is 13.1. The number of hydrogen-bond donors (Lipinski definition) is 1. The molecule has 15 heteroatoms. The van der Waals surface area contributed by atoms with Crippen molar-refractivity contribution in [1.82, 2.24) is 19.3 Å². The zero-order valence-corrected chi connectivity index (χ0v) is 19.7. The van der Waals surface area contributed by atoms with Crippen LogP contribution in [0.1, 0.15) is 18.4 Å². The summed E-state index contributed by atoms with van der Waals surface area (Å²) in [6.45, 7) is -1.01. The van der Waals surface area contributed by atoms with Crippen molar-refractivity contribution in [3.63, 3.8) is 0 Å². The van der Waals surface area contributed by atoms with E-state index in [1.54, 1.807) is 0 Å². The predicted octanol–water partition coefficient (Wildman–Crippen LogP) is 5.03. The highest BCUT2D eigenvalue weighted by molar-refractivity contribution is 7.89. The van der Waals surface area contributed by atoms with Gasteiger partial charge in [-0.15, -0.1) is 0 Å². The van der Waals surface area contributed by atoms with Crippen LogP contribution in [0.25, 0.3) is 11.4 Å². The molecule has 0 bridgehead atoms. The first-order valence-corrected chi connectivity index (χ1v) is 12.3. The standard InChI is InChI=1S/C22H19F6N5O3S/c23-21(24,25)13-36-20-31-18(14-5-3-8-17(11-14)37(34,35)33-9-1-2-10-33)30-19(32-20)29-16-7-4-6-15(12-16)22(26,27)28/h3-8,11-12H,1-2,9-10,13H2,(H,29,30,31,32). The number of hydrogen-bond acceptors (Lipinski definition) is 7. The van der Waals surface area contributed by atoms with Gasteiger partial charge in [0.2, 0.25) is 16.0 Å². The van der Waals surface area contributed by atoms with Crippen LogP contribution in [-0.4, -0.2) is 53.5 Å². The van der Waals surface area contributed by atoms with Crippen LogP contribution in [0, 0.1) is 0 Å². The van der Waals surface area contributed by atoms with Gasteiger partial charge in [-0.05, 0) is 43.2 Å². The van der Waals surface area contributed by atoms with E-state index in [1.807, 2.05) is 0 Å². The van der Waals surface area contributed by atoms with Crippen LogP contribution in [-0.2, 0) is 16.2 Å². The van der Waals surface area contributed by atoms with Gasteiger partial charge in [0.1, 0.15) is 0 Å². The fourth-order valence-electron chi connectivity index (χ4n) is 3.53. The molecule has 1 fully saturated rings. The molecule has 0 saturated carbocycles. The van der Waals surface area contributed by atoms with Crippen molar-refractivity contribution in [1.29, 1.82) is 0 Å². The van der Waals surface area contributed by atoms with E-state index in [-0.39, 0.29) is 22.0 Å². The van der Waals surface area contributed by atoms with Gasteiger partial charge in [-0.3, -0.25) is 0 Å². The molecule has 8 nitrogen and oxygen atoms in total. The Morgan fingerprint density at radius 1 is 0.919 bits per heavy atom. The summed E-state index contributed by atoms with van der Waals surface area (Å²) < 4.78 is 109. The Bertz CT molecular complexity index is 1380. The molecular formula is C22H19F6N5O3S. The number of sulfonamides is 1. The highest BCUT2D eigenvalue weighted by Crippen LogP contribution is 2.32. The molecule has 1 N–H and O–H groups in total. The van der Waals surface area contributed by atoms with E-state index in [0.717, 1.165) is 31.0 Å². The molecule has 1 aromatic heterocycles. The third-order valence-electron chi connectivity index (χ3n) is 5.22. The average molecular weight is 547 g/mol. The molecule has 1 aliphatic rings. The Balaban J connectivity index is 1.71. The summed E-state index contributed by atoms with van der Waals surface area (Å²) in [5, 5.41) is 2.50. The van der Waals surface area contributed by atoms with Gasteiger partial charge in [-0.25, -0.2) is 8.42 Å². The first kappa shape index (κ1) is 26.6. The Kier molecular flexibility index (Phi) is 7.28. The molecule has 1 saturated heterocycles. The number of aromatic nitrogens is 3. The van der Waals surface area contributed by atoms with Crippen molar-refractivity contribution in [3.8, 4) is 17.4 Å². The number of benzene rings is 2. The monoisotopic (exact) mass is 547 g/mol. The van der Waals surface area contributed by atoms with Crippen LogP contribution in [0.15, 0.2) is 53.4 Å². The van der Waals surface area contributed by atoms with Gasteiger partial charge in [-0.2, -0.15) is 45.6 Å². The van der Waals surface area contributed by atoms with Crippen LogP contribution in [0.2, 0.25) is 0 Å². The summed E-state index contributed by atoms with van der Waals surface area (Å²) in [6.07, 6.45) is -7.91. The Labute approximate surface area is 207 Å². The lowest BCUT2D eigenvalue weighted by Gasteiger charge is -2.16. The lowest BCUT2D eigenvalue weighted by molar-refractivity contribution is -0.154. The molecule has 1 aliphatic heterocycles. The largest absolute Gasteiger partial charge is 0.454 e. The molecule has 0 spiro atoms. The molecule has 198 valence electrons. The van der Waals surface area contributed by atoms with Crippen molar-refractivity contribution < 1.29 is 39.5 Å². The second-order valence-corrected chi connectivity index (χ2v) is 9.95. The number of ether oxygens (including phenoxy) is 1. The molecule has 4 rings (SSSR count). The topological polar surface area (TPSA) is 97.3 Å². The predicted molar refractivity (Wildman–Crippen MR) is 120 cm³/mol. The molecule has 2 aromatic carbocycles. The smallest absolute Gasteiger partial charge is 0.422 e. The quantitative estimate of drug-likeness (QED) is 0.415. The molecule has 0 radical (unpaired) electrons. The molecule has 2 heterocycles. The van der Waals surface area contributed by atoms with Gasteiger partial charge in [0.05, 0.1) is 10.5 Å². The lowest BCUT2D eigenvalue weighted by Crippen LogP contribution is -2.27. The molecule has 0 atom stereocenters. The van der Waals surface area contributed by atoms with Crippen LogP contribution < -0.4 is 10.1 Å². The van der Waals surface area contributed by atoms with Gasteiger partial charge in [-0.1, -0.05) is 18.2 Å². The van der Waals surface area contributed by atoms with E-state index >= 15 is 0 Å². The summed E-state index contributed by atoms with van der Waals surface area (Å²) in [5.41, 5.74) is -0.953. The van der Waals surface area contributed by atoms with Crippen molar-refractivity contribution in [2.45, 2.75) is 30.1 Å². The third-order valence-corrected chi connectivity index (χ3v) is 7.12. The van der Waals surface area contributed by atoms with Crippen LogP contribution >= 0.6 is 0 Å². The normalized spacial score (nSPS) is 15.1. The van der Waals surface area contributed by atoms with Gasteiger partial charge in [0.25, 0.3) is 0 Å². The number of rotatable bonds is 7. The van der Waals surface area contributed by atoms with Gasteiger partial charge in [0.15, 0.2) is 12.4 Å². The number of nitrogens with one attached hydrogen (secondary N) is 1. The number of nitrogens with zero attached hydrogens (tertiary/aromatic N) is 4. The van der Waals surface area contributed by atoms with E-state index in [0.29, 0.717) is 13.1 Å². The summed E-state index contributed by atoms with van der Waals surface area (Å²) in [6, 6.07) is 8.71. The number of alkyl halides is 6. The van der Waals surface area contributed by atoms with E-state index in [4.69, 9.17) is 0 Å². The fraction of sp³-hybridized carbons (Fsp3) is 0.318. The van der Waals surface area contributed by atoms with Crippen LogP contribution in [0.3, 0.4) is 0 Å². The molecule has 3 aromatic rings. The molecule has 0 aliphatic carbocycles. The summed E-state index contributed by atoms with van der Waals surface area (Å²) in [5.74, 6) is -0.658. The van der Waals surface area contributed by atoms with Gasteiger partial charge >= 0.3 is 18.4 Å². The average Bonchev–Trinajstić information content (AvgIpc) is 3.38. The van der Waals surface area contributed by atoms with E-state index < -0.39 is 46.5 Å². The van der Waals surface area contributed by atoms with Crippen molar-refractivity contribution in [3.05, 3.63) is 54.1 Å². The van der Waals surface area contributed by atoms with Crippen molar-refractivity contribution in [2.24, 2.45) is 0 Å². The molecule has 0 amide bonds. The zero-order chi connectivity index (χ0) is 26.8. The zero-order valence-electron chi connectivity index (χ0n) is 18.8. The highest BCUT2D eigenvalue weighted by Gasteiger charge is 2.31. The summed E-state index contributed by atoms with van der Waals surface area (Å²) in [7, 11) is -3.83. The molecular weight excluding hydrogens is 528 g/mol. The second kappa shape index (κ2) is 10.1. The molecule has 37 heavy (non-hydrogen) atoms. The van der Waals surface area contributed by atoms with Gasteiger partial charge in [0, 0.05) is 24.3 Å². The Hall–Kier alpha value is -3.46. The Morgan fingerprint density at radius 2 is 1.62 bits per heavy atom. The minimum Gasteiger partial charge on any atom is -0.454 e. The maximum absolute atomic E-state index is 13.1. The van der Waals surface area contributed by atoms with E-state index in [9.17, 15) is 34.8 Å². The van der Waals surface area contributed by atoms with Crippen molar-refractivity contribution >= 4 is 21.7 Å². The third kappa shape index (κ3) is 6.65. The first-order valence-electron chi connectivity index (χ1n) is 10.8. The second-order valence-electron chi connectivity index (χ2n) is 8.01.